The molecule has 0 N–H and O–H groups in total. The van der Waals surface area contributed by atoms with Crippen molar-refractivity contribution in [1.29, 1.82) is 0 Å². The number of nitrogens with zero attached hydrogens (tertiary/aromatic N) is 2. The number of carbonyl (C=O) groups excluding carboxylic acids is 2. The number of rotatable bonds is 3. The molecule has 0 saturated carbocycles. The number of amides is 2. The van der Waals surface area contributed by atoms with Crippen LogP contribution in [-0.2, 0) is 14.3 Å². The highest BCUT2D eigenvalue weighted by molar-refractivity contribution is 5.87. The van der Waals surface area contributed by atoms with Crippen molar-refractivity contribution in [2.45, 2.75) is 25.7 Å². The Labute approximate surface area is 125 Å². The predicted octanol–water partition coefficient (Wildman–Crippen LogP) is 1.05. The lowest BCUT2D eigenvalue weighted by molar-refractivity contribution is -0.145. The summed E-state index contributed by atoms with van der Waals surface area (Å²) in [6.45, 7) is 7.72. The third-order valence-corrected chi connectivity index (χ3v) is 5.12. The van der Waals surface area contributed by atoms with Crippen molar-refractivity contribution in [3.05, 3.63) is 12.7 Å². The SMILES string of the molecule is C=CCN1CCC2(CCCN(C(=O)C3CCOC3)C2)C1=O. The zero-order valence-electron chi connectivity index (χ0n) is 12.6. The summed E-state index contributed by atoms with van der Waals surface area (Å²) in [6.07, 6.45) is 5.29. The topological polar surface area (TPSA) is 49.9 Å². The molecule has 0 aromatic rings. The molecule has 0 aromatic heterocycles. The molecule has 3 aliphatic rings. The van der Waals surface area contributed by atoms with E-state index in [0.29, 0.717) is 26.3 Å². The Balaban J connectivity index is 1.69. The van der Waals surface area contributed by atoms with E-state index in [-0.39, 0.29) is 23.1 Å². The Morgan fingerprint density at radius 2 is 2.29 bits per heavy atom. The molecule has 0 aromatic carbocycles. The Bertz CT molecular complexity index is 445. The number of hydrogen-bond donors (Lipinski definition) is 0. The number of hydrogen-bond acceptors (Lipinski definition) is 3. The zero-order valence-corrected chi connectivity index (χ0v) is 12.6. The molecule has 5 nitrogen and oxygen atoms in total. The molecule has 2 amide bonds. The van der Waals surface area contributed by atoms with E-state index in [2.05, 4.69) is 6.58 Å². The van der Waals surface area contributed by atoms with Gasteiger partial charge in [-0.25, -0.2) is 0 Å². The quantitative estimate of drug-likeness (QED) is 0.731. The lowest BCUT2D eigenvalue weighted by Crippen LogP contribution is -2.51. The third-order valence-electron chi connectivity index (χ3n) is 5.12. The zero-order chi connectivity index (χ0) is 14.9. The third kappa shape index (κ3) is 2.59. The van der Waals surface area contributed by atoms with Crippen molar-refractivity contribution in [2.24, 2.45) is 11.3 Å². The van der Waals surface area contributed by atoms with Gasteiger partial charge in [-0.3, -0.25) is 9.59 Å². The molecule has 1 spiro atoms. The Morgan fingerprint density at radius 3 is 3.00 bits per heavy atom. The monoisotopic (exact) mass is 292 g/mol. The summed E-state index contributed by atoms with van der Waals surface area (Å²) < 4.78 is 5.32. The maximum Gasteiger partial charge on any atom is 0.230 e. The van der Waals surface area contributed by atoms with E-state index in [0.717, 1.165) is 38.8 Å². The van der Waals surface area contributed by atoms with Gasteiger partial charge in [0.05, 0.1) is 17.9 Å². The lowest BCUT2D eigenvalue weighted by atomic mass is 9.78. The summed E-state index contributed by atoms with van der Waals surface area (Å²) in [5.41, 5.74) is -0.337. The van der Waals surface area contributed by atoms with Crippen LogP contribution < -0.4 is 0 Å². The summed E-state index contributed by atoms with van der Waals surface area (Å²) in [6, 6.07) is 0. The van der Waals surface area contributed by atoms with E-state index < -0.39 is 0 Å². The van der Waals surface area contributed by atoms with Gasteiger partial charge in [0.15, 0.2) is 0 Å². The predicted molar refractivity (Wildman–Crippen MR) is 78.6 cm³/mol. The first-order valence-electron chi connectivity index (χ1n) is 7.93. The second kappa shape index (κ2) is 5.79. The average molecular weight is 292 g/mol. The Hall–Kier alpha value is -1.36. The van der Waals surface area contributed by atoms with Gasteiger partial charge >= 0.3 is 0 Å². The van der Waals surface area contributed by atoms with Gasteiger partial charge in [0, 0.05) is 32.8 Å². The van der Waals surface area contributed by atoms with Gasteiger partial charge in [-0.15, -0.1) is 6.58 Å². The summed E-state index contributed by atoms with van der Waals surface area (Å²) in [4.78, 5) is 29.0. The molecule has 3 saturated heterocycles. The highest BCUT2D eigenvalue weighted by Gasteiger charge is 2.49. The highest BCUT2D eigenvalue weighted by Crippen LogP contribution is 2.40. The molecule has 0 bridgehead atoms. The standard InChI is InChI=1S/C16H24N2O3/c1-2-7-17-9-6-16(15(17)20)5-3-8-18(12-16)14(19)13-4-10-21-11-13/h2,13H,1,3-12H2. The molecule has 116 valence electrons. The van der Waals surface area contributed by atoms with Gasteiger partial charge < -0.3 is 14.5 Å². The normalized spacial score (nSPS) is 33.0. The molecule has 0 radical (unpaired) electrons. The molecular weight excluding hydrogens is 268 g/mol. The number of carbonyl (C=O) groups is 2. The first-order chi connectivity index (χ1) is 10.2. The molecule has 3 fully saturated rings. The fourth-order valence-electron chi connectivity index (χ4n) is 3.91. The first kappa shape index (κ1) is 14.6. The smallest absolute Gasteiger partial charge is 0.230 e. The van der Waals surface area contributed by atoms with Crippen molar-refractivity contribution in [1.82, 2.24) is 9.80 Å². The minimum Gasteiger partial charge on any atom is -0.381 e. The molecule has 3 rings (SSSR count). The van der Waals surface area contributed by atoms with Gasteiger partial charge in [-0.2, -0.15) is 0 Å². The van der Waals surface area contributed by atoms with Crippen LogP contribution in [0, 0.1) is 11.3 Å². The van der Waals surface area contributed by atoms with E-state index in [4.69, 9.17) is 4.74 Å². The maximum absolute atomic E-state index is 12.7. The Kier molecular flexibility index (Phi) is 4.02. The van der Waals surface area contributed by atoms with Crippen LogP contribution in [0.15, 0.2) is 12.7 Å². The molecule has 0 aliphatic carbocycles. The average Bonchev–Trinajstić information content (AvgIpc) is 3.12. The summed E-state index contributed by atoms with van der Waals surface area (Å²) in [5.74, 6) is 0.394. The van der Waals surface area contributed by atoms with Crippen molar-refractivity contribution in [2.75, 3.05) is 39.4 Å². The molecule has 21 heavy (non-hydrogen) atoms. The second-order valence-electron chi connectivity index (χ2n) is 6.49. The lowest BCUT2D eigenvalue weighted by Gasteiger charge is -2.39. The molecular formula is C16H24N2O3. The van der Waals surface area contributed by atoms with Crippen LogP contribution in [0.25, 0.3) is 0 Å². The van der Waals surface area contributed by atoms with Crippen LogP contribution >= 0.6 is 0 Å². The van der Waals surface area contributed by atoms with Crippen LogP contribution in [0.2, 0.25) is 0 Å². The van der Waals surface area contributed by atoms with Crippen molar-refractivity contribution in [3.8, 4) is 0 Å². The van der Waals surface area contributed by atoms with E-state index in [1.54, 1.807) is 6.08 Å². The largest absolute Gasteiger partial charge is 0.381 e. The van der Waals surface area contributed by atoms with E-state index >= 15 is 0 Å². The maximum atomic E-state index is 12.7. The fraction of sp³-hybridized carbons (Fsp3) is 0.750. The summed E-state index contributed by atoms with van der Waals surface area (Å²) in [7, 11) is 0. The van der Waals surface area contributed by atoms with E-state index in [1.165, 1.54) is 0 Å². The molecule has 3 aliphatic heterocycles. The number of piperidine rings is 1. The van der Waals surface area contributed by atoms with Gasteiger partial charge in [0.2, 0.25) is 11.8 Å². The van der Waals surface area contributed by atoms with E-state index in [9.17, 15) is 9.59 Å². The summed E-state index contributed by atoms with van der Waals surface area (Å²) in [5, 5.41) is 0. The molecule has 2 atom stereocenters. The minimum absolute atomic E-state index is 0.000864. The van der Waals surface area contributed by atoms with Gasteiger partial charge in [0.1, 0.15) is 0 Å². The van der Waals surface area contributed by atoms with Crippen LogP contribution in [0.4, 0.5) is 0 Å². The van der Waals surface area contributed by atoms with E-state index in [1.807, 2.05) is 9.80 Å². The van der Waals surface area contributed by atoms with Crippen LogP contribution in [-0.4, -0.2) is 61.0 Å². The van der Waals surface area contributed by atoms with Crippen molar-refractivity contribution >= 4 is 11.8 Å². The van der Waals surface area contributed by atoms with Crippen LogP contribution in [0.1, 0.15) is 25.7 Å². The molecule has 5 heteroatoms. The molecule has 3 heterocycles. The van der Waals surface area contributed by atoms with Gasteiger partial charge in [-0.05, 0) is 25.7 Å². The first-order valence-corrected chi connectivity index (χ1v) is 7.93. The Morgan fingerprint density at radius 1 is 1.43 bits per heavy atom. The highest BCUT2D eigenvalue weighted by atomic mass is 16.5. The van der Waals surface area contributed by atoms with Crippen LogP contribution in [0.3, 0.4) is 0 Å². The minimum atomic E-state index is -0.337. The summed E-state index contributed by atoms with van der Waals surface area (Å²) >= 11 is 0. The van der Waals surface area contributed by atoms with Crippen LogP contribution in [0.5, 0.6) is 0 Å². The number of ether oxygens (including phenoxy) is 1. The molecule has 2 unspecified atom stereocenters. The fourth-order valence-corrected chi connectivity index (χ4v) is 3.91. The van der Waals surface area contributed by atoms with Gasteiger partial charge in [0.25, 0.3) is 0 Å². The second-order valence-corrected chi connectivity index (χ2v) is 6.49. The number of likely N-dealkylation sites (tertiary alicyclic amines) is 2. The van der Waals surface area contributed by atoms with Gasteiger partial charge in [-0.1, -0.05) is 6.08 Å². The van der Waals surface area contributed by atoms with Crippen molar-refractivity contribution < 1.29 is 14.3 Å². The van der Waals surface area contributed by atoms with Crippen molar-refractivity contribution in [3.63, 3.8) is 0 Å².